The summed E-state index contributed by atoms with van der Waals surface area (Å²) in [4.78, 5) is 12.5. The van der Waals surface area contributed by atoms with Crippen LogP contribution in [0, 0.1) is 5.82 Å². The van der Waals surface area contributed by atoms with Gasteiger partial charge in [0.15, 0.2) is 0 Å². The van der Waals surface area contributed by atoms with Gasteiger partial charge in [-0.1, -0.05) is 13.0 Å². The fraction of sp³-hybridized carbons (Fsp3) is 0.400. The van der Waals surface area contributed by atoms with Crippen molar-refractivity contribution in [1.82, 2.24) is 5.32 Å². The minimum absolute atomic E-state index is 0.216. The second kappa shape index (κ2) is 7.38. The number of carbonyl (C=O) groups excluding carboxylic acids is 1. The number of hydrogen-bond acceptors (Lipinski definition) is 4. The van der Waals surface area contributed by atoms with Crippen LogP contribution in [0.4, 0.5) is 10.1 Å². The number of amides is 1. The van der Waals surface area contributed by atoms with Crippen LogP contribution in [0.5, 0.6) is 0 Å². The summed E-state index contributed by atoms with van der Waals surface area (Å²) in [7, 11) is 0. The van der Waals surface area contributed by atoms with E-state index in [4.69, 9.17) is 10.5 Å². The fourth-order valence-electron chi connectivity index (χ4n) is 2.00. The van der Waals surface area contributed by atoms with Crippen LogP contribution >= 0.6 is 11.3 Å². The minimum Gasteiger partial charge on any atom is -0.397 e. The molecule has 0 spiro atoms. The Kier molecular flexibility index (Phi) is 5.52. The molecule has 4 nitrogen and oxygen atoms in total. The summed E-state index contributed by atoms with van der Waals surface area (Å²) in [6.45, 7) is 3.91. The second-order valence-corrected chi connectivity index (χ2v) is 5.73. The lowest BCUT2D eigenvalue weighted by atomic mass is 10.2. The van der Waals surface area contributed by atoms with Crippen molar-refractivity contribution >= 4 is 33.0 Å². The number of benzene rings is 1. The van der Waals surface area contributed by atoms with E-state index in [0.717, 1.165) is 19.4 Å². The predicted molar refractivity (Wildman–Crippen MR) is 84.3 cm³/mol. The molecule has 0 bridgehead atoms. The lowest BCUT2D eigenvalue weighted by molar-refractivity contribution is 0.0946. The molecule has 2 rings (SSSR count). The highest BCUT2D eigenvalue weighted by atomic mass is 32.1. The number of anilines is 1. The summed E-state index contributed by atoms with van der Waals surface area (Å²) >= 11 is 1.21. The van der Waals surface area contributed by atoms with Crippen LogP contribution in [-0.4, -0.2) is 25.7 Å². The molecule has 0 saturated carbocycles. The number of nitrogen functional groups attached to an aromatic ring is 1. The number of halogens is 1. The summed E-state index contributed by atoms with van der Waals surface area (Å²) in [5.74, 6) is -0.656. The first-order chi connectivity index (χ1) is 10.1. The van der Waals surface area contributed by atoms with Gasteiger partial charge in [-0.25, -0.2) is 4.39 Å². The van der Waals surface area contributed by atoms with Crippen LogP contribution in [0.15, 0.2) is 18.2 Å². The molecular formula is C15H19FN2O2S. The van der Waals surface area contributed by atoms with Crippen molar-refractivity contribution in [1.29, 1.82) is 0 Å². The third-order valence-corrected chi connectivity index (χ3v) is 4.18. The highest BCUT2D eigenvalue weighted by molar-refractivity contribution is 7.21. The summed E-state index contributed by atoms with van der Waals surface area (Å²) in [6, 6.07) is 4.72. The van der Waals surface area contributed by atoms with E-state index in [0.29, 0.717) is 28.1 Å². The van der Waals surface area contributed by atoms with Gasteiger partial charge in [0.05, 0.1) is 11.1 Å². The fourth-order valence-corrected chi connectivity index (χ4v) is 3.05. The van der Waals surface area contributed by atoms with Crippen molar-refractivity contribution in [2.45, 2.75) is 19.8 Å². The highest BCUT2D eigenvalue weighted by Crippen LogP contribution is 2.35. The number of rotatable bonds is 7. The molecule has 0 aliphatic rings. The maximum absolute atomic E-state index is 13.7. The van der Waals surface area contributed by atoms with Gasteiger partial charge in [0.25, 0.3) is 5.91 Å². The zero-order chi connectivity index (χ0) is 15.2. The van der Waals surface area contributed by atoms with Crippen molar-refractivity contribution in [3.05, 3.63) is 28.9 Å². The standard InChI is InChI=1S/C15H19FN2O2S/c1-2-8-20-9-4-7-18-15(19)14-13(17)12-10(16)5-3-6-11(12)21-14/h3,5-6H,2,4,7-9,17H2,1H3,(H,18,19). The average Bonchev–Trinajstić information content (AvgIpc) is 2.81. The van der Waals surface area contributed by atoms with Crippen molar-refractivity contribution < 1.29 is 13.9 Å². The van der Waals surface area contributed by atoms with Crippen LogP contribution in [0.3, 0.4) is 0 Å². The van der Waals surface area contributed by atoms with Crippen molar-refractivity contribution in [2.24, 2.45) is 0 Å². The van der Waals surface area contributed by atoms with Crippen molar-refractivity contribution in [2.75, 3.05) is 25.5 Å². The predicted octanol–water partition coefficient (Wildman–Crippen LogP) is 3.17. The first-order valence-electron chi connectivity index (χ1n) is 6.97. The van der Waals surface area contributed by atoms with E-state index in [1.165, 1.54) is 17.4 Å². The number of hydrogen-bond donors (Lipinski definition) is 2. The molecule has 21 heavy (non-hydrogen) atoms. The topological polar surface area (TPSA) is 64.3 Å². The van der Waals surface area contributed by atoms with E-state index in [1.807, 2.05) is 6.92 Å². The van der Waals surface area contributed by atoms with Gasteiger partial charge in [-0.3, -0.25) is 4.79 Å². The number of fused-ring (bicyclic) bond motifs is 1. The lowest BCUT2D eigenvalue weighted by Gasteiger charge is -2.05. The van der Waals surface area contributed by atoms with Gasteiger partial charge in [-0.15, -0.1) is 11.3 Å². The first-order valence-corrected chi connectivity index (χ1v) is 7.79. The number of thiophene rings is 1. The Bertz CT molecular complexity index is 627. The van der Waals surface area contributed by atoms with Gasteiger partial charge >= 0.3 is 0 Å². The molecule has 1 heterocycles. The minimum atomic E-state index is -0.395. The van der Waals surface area contributed by atoms with E-state index < -0.39 is 5.82 Å². The molecular weight excluding hydrogens is 291 g/mol. The molecule has 0 aliphatic carbocycles. The second-order valence-electron chi connectivity index (χ2n) is 4.68. The molecule has 0 fully saturated rings. The Morgan fingerprint density at radius 3 is 2.95 bits per heavy atom. The first kappa shape index (κ1) is 15.7. The summed E-state index contributed by atoms with van der Waals surface area (Å²) in [5, 5.41) is 3.12. The molecule has 114 valence electrons. The van der Waals surface area contributed by atoms with Crippen LogP contribution < -0.4 is 11.1 Å². The largest absolute Gasteiger partial charge is 0.397 e. The Hall–Kier alpha value is -1.66. The third kappa shape index (κ3) is 3.71. The molecule has 0 radical (unpaired) electrons. The molecule has 1 aromatic heterocycles. The molecule has 2 aromatic rings. The summed E-state index contributed by atoms with van der Waals surface area (Å²) in [5.41, 5.74) is 6.11. The van der Waals surface area contributed by atoms with Gasteiger partial charge in [0, 0.05) is 24.5 Å². The van der Waals surface area contributed by atoms with Gasteiger partial charge in [0.2, 0.25) is 0 Å². The summed E-state index contributed by atoms with van der Waals surface area (Å²) in [6.07, 6.45) is 1.72. The molecule has 0 unspecified atom stereocenters. The number of carbonyl (C=O) groups is 1. The molecule has 0 aliphatic heterocycles. The Morgan fingerprint density at radius 1 is 1.43 bits per heavy atom. The zero-order valence-electron chi connectivity index (χ0n) is 11.9. The van der Waals surface area contributed by atoms with Gasteiger partial charge in [0.1, 0.15) is 10.7 Å². The number of nitrogens with one attached hydrogen (secondary N) is 1. The zero-order valence-corrected chi connectivity index (χ0v) is 12.8. The van der Waals surface area contributed by atoms with E-state index in [2.05, 4.69) is 5.32 Å². The third-order valence-electron chi connectivity index (χ3n) is 3.01. The normalized spacial score (nSPS) is 11.0. The smallest absolute Gasteiger partial charge is 0.263 e. The molecule has 0 atom stereocenters. The van der Waals surface area contributed by atoms with Gasteiger partial charge in [-0.2, -0.15) is 0 Å². The molecule has 1 amide bonds. The Morgan fingerprint density at radius 2 is 2.24 bits per heavy atom. The van der Waals surface area contributed by atoms with Crippen LogP contribution in [-0.2, 0) is 4.74 Å². The van der Waals surface area contributed by atoms with Crippen LogP contribution in [0.25, 0.3) is 10.1 Å². The van der Waals surface area contributed by atoms with E-state index >= 15 is 0 Å². The van der Waals surface area contributed by atoms with E-state index in [9.17, 15) is 9.18 Å². The average molecular weight is 310 g/mol. The van der Waals surface area contributed by atoms with Crippen molar-refractivity contribution in [3.8, 4) is 0 Å². The lowest BCUT2D eigenvalue weighted by Crippen LogP contribution is -2.25. The Balaban J connectivity index is 1.97. The van der Waals surface area contributed by atoms with Crippen molar-refractivity contribution in [3.63, 3.8) is 0 Å². The van der Waals surface area contributed by atoms with Crippen LogP contribution in [0.2, 0.25) is 0 Å². The number of ether oxygens (including phenoxy) is 1. The molecule has 3 N–H and O–H groups in total. The summed E-state index contributed by atoms with van der Waals surface area (Å²) < 4.78 is 19.7. The monoisotopic (exact) mass is 310 g/mol. The van der Waals surface area contributed by atoms with Gasteiger partial charge in [-0.05, 0) is 25.0 Å². The molecule has 6 heteroatoms. The molecule has 1 aromatic carbocycles. The SMILES string of the molecule is CCCOCCCNC(=O)c1sc2cccc(F)c2c1N. The van der Waals surface area contributed by atoms with E-state index in [1.54, 1.807) is 12.1 Å². The maximum Gasteiger partial charge on any atom is 0.263 e. The van der Waals surface area contributed by atoms with E-state index in [-0.39, 0.29) is 11.6 Å². The molecule has 0 saturated heterocycles. The Labute approximate surface area is 127 Å². The highest BCUT2D eigenvalue weighted by Gasteiger charge is 2.18. The number of nitrogens with two attached hydrogens (primary N) is 1. The van der Waals surface area contributed by atoms with Gasteiger partial charge < -0.3 is 15.8 Å². The maximum atomic E-state index is 13.7. The van der Waals surface area contributed by atoms with Crippen LogP contribution in [0.1, 0.15) is 29.4 Å². The quantitative estimate of drug-likeness (QED) is 0.772.